The van der Waals surface area contributed by atoms with Crippen molar-refractivity contribution in [2.45, 2.75) is 12.5 Å². The topological polar surface area (TPSA) is 48.0 Å². The minimum absolute atomic E-state index is 0.00601. The van der Waals surface area contributed by atoms with Gasteiger partial charge in [-0.25, -0.2) is 0 Å². The van der Waals surface area contributed by atoms with Crippen molar-refractivity contribution in [3.05, 3.63) is 75.5 Å². The molecule has 150 valence electrons. The summed E-state index contributed by atoms with van der Waals surface area (Å²) in [6, 6.07) is 15.2. The van der Waals surface area contributed by atoms with Gasteiger partial charge in [0.1, 0.15) is 5.75 Å². The Balaban J connectivity index is 1.78. The van der Waals surface area contributed by atoms with Crippen molar-refractivity contribution in [2.24, 2.45) is 0 Å². The predicted molar refractivity (Wildman–Crippen MR) is 113 cm³/mol. The van der Waals surface area contributed by atoms with Crippen LogP contribution < -0.4 is 14.2 Å². The summed E-state index contributed by atoms with van der Waals surface area (Å²) in [6.45, 7) is 0.635. The number of amides is 1. The van der Waals surface area contributed by atoms with Crippen molar-refractivity contribution in [1.82, 2.24) is 4.90 Å². The summed E-state index contributed by atoms with van der Waals surface area (Å²) in [6.07, 6.45) is 0.763. The number of carbonyl (C=O) groups is 1. The van der Waals surface area contributed by atoms with Crippen molar-refractivity contribution in [1.29, 1.82) is 0 Å². The molecule has 0 spiro atoms. The first-order chi connectivity index (χ1) is 14.2. The zero-order valence-corrected chi connectivity index (χ0v) is 17.5. The second-order valence-corrected chi connectivity index (χ2v) is 7.78. The van der Waals surface area contributed by atoms with Crippen LogP contribution in [0, 0.1) is 0 Å². The molecule has 0 radical (unpaired) electrons. The third-order valence-electron chi connectivity index (χ3n) is 5.28. The number of hydrogen-bond donors (Lipinski definition) is 0. The fourth-order valence-corrected chi connectivity index (χ4v) is 4.67. The number of fused-ring (bicyclic) bond motifs is 1. The Bertz CT molecular complexity index is 998. The van der Waals surface area contributed by atoms with E-state index >= 15 is 0 Å². The van der Waals surface area contributed by atoms with E-state index in [1.54, 1.807) is 32.7 Å². The SMILES string of the molecule is COc1ccc(C(=O)N2CCc3cc(OC)c(OC)cc3[C@H]2c2cccs2)cc1. The van der Waals surface area contributed by atoms with Gasteiger partial charge in [0.2, 0.25) is 0 Å². The van der Waals surface area contributed by atoms with Gasteiger partial charge in [-0.15, -0.1) is 11.3 Å². The molecule has 4 rings (SSSR count). The number of ether oxygens (including phenoxy) is 3. The molecule has 1 amide bonds. The van der Waals surface area contributed by atoms with Crippen molar-refractivity contribution >= 4 is 17.2 Å². The van der Waals surface area contributed by atoms with Crippen LogP contribution in [0.3, 0.4) is 0 Å². The molecule has 0 saturated heterocycles. The van der Waals surface area contributed by atoms with Crippen molar-refractivity contribution in [3.63, 3.8) is 0 Å². The van der Waals surface area contributed by atoms with E-state index in [0.29, 0.717) is 23.6 Å². The van der Waals surface area contributed by atoms with E-state index in [-0.39, 0.29) is 11.9 Å². The third-order valence-corrected chi connectivity index (χ3v) is 6.21. The molecule has 29 heavy (non-hydrogen) atoms. The average Bonchev–Trinajstić information content (AvgIpc) is 3.31. The Morgan fingerprint density at radius 2 is 1.72 bits per heavy atom. The minimum atomic E-state index is -0.159. The normalized spacial score (nSPS) is 15.6. The van der Waals surface area contributed by atoms with Gasteiger partial charge in [0.25, 0.3) is 5.91 Å². The molecule has 0 N–H and O–H groups in total. The molecular formula is C23H23NO4S. The molecule has 2 aromatic carbocycles. The van der Waals surface area contributed by atoms with Crippen LogP contribution in [0.15, 0.2) is 53.9 Å². The van der Waals surface area contributed by atoms with Crippen LogP contribution in [0.2, 0.25) is 0 Å². The molecule has 1 atom stereocenters. The van der Waals surface area contributed by atoms with Crippen molar-refractivity contribution < 1.29 is 19.0 Å². The van der Waals surface area contributed by atoms with E-state index in [2.05, 4.69) is 6.07 Å². The van der Waals surface area contributed by atoms with E-state index in [1.807, 2.05) is 52.7 Å². The number of methoxy groups -OCH3 is 3. The van der Waals surface area contributed by atoms with E-state index in [4.69, 9.17) is 14.2 Å². The fraction of sp³-hybridized carbons (Fsp3) is 0.261. The molecule has 3 aromatic rings. The molecule has 2 heterocycles. The number of benzene rings is 2. The van der Waals surface area contributed by atoms with Crippen LogP contribution in [0.4, 0.5) is 0 Å². The molecule has 5 nitrogen and oxygen atoms in total. The maximum atomic E-state index is 13.4. The summed E-state index contributed by atoms with van der Waals surface area (Å²) < 4.78 is 16.2. The molecular weight excluding hydrogens is 386 g/mol. The smallest absolute Gasteiger partial charge is 0.254 e. The van der Waals surface area contributed by atoms with Gasteiger partial charge in [-0.2, -0.15) is 0 Å². The lowest BCUT2D eigenvalue weighted by Gasteiger charge is -2.37. The molecule has 0 bridgehead atoms. The zero-order valence-electron chi connectivity index (χ0n) is 16.7. The lowest BCUT2D eigenvalue weighted by molar-refractivity contribution is 0.0697. The maximum Gasteiger partial charge on any atom is 0.254 e. The van der Waals surface area contributed by atoms with Crippen LogP contribution in [-0.2, 0) is 6.42 Å². The summed E-state index contributed by atoms with van der Waals surface area (Å²) in [5.74, 6) is 2.13. The molecule has 1 aromatic heterocycles. The molecule has 1 aliphatic heterocycles. The Morgan fingerprint density at radius 3 is 2.34 bits per heavy atom. The Kier molecular flexibility index (Phi) is 5.45. The fourth-order valence-electron chi connectivity index (χ4n) is 3.82. The Morgan fingerprint density at radius 1 is 1.00 bits per heavy atom. The monoisotopic (exact) mass is 409 g/mol. The van der Waals surface area contributed by atoms with Gasteiger partial charge in [-0.1, -0.05) is 6.07 Å². The predicted octanol–water partition coefficient (Wildman–Crippen LogP) is 4.56. The first-order valence-corrected chi connectivity index (χ1v) is 10.3. The van der Waals surface area contributed by atoms with Gasteiger partial charge in [0.15, 0.2) is 11.5 Å². The van der Waals surface area contributed by atoms with Crippen LogP contribution in [-0.4, -0.2) is 38.7 Å². The number of carbonyl (C=O) groups excluding carboxylic acids is 1. The summed E-state index contributed by atoms with van der Waals surface area (Å²) in [5.41, 5.74) is 2.91. The largest absolute Gasteiger partial charge is 0.497 e. The van der Waals surface area contributed by atoms with Gasteiger partial charge in [-0.3, -0.25) is 4.79 Å². The lowest BCUT2D eigenvalue weighted by atomic mass is 9.90. The highest BCUT2D eigenvalue weighted by Crippen LogP contribution is 2.42. The van der Waals surface area contributed by atoms with Gasteiger partial charge in [-0.05, 0) is 65.4 Å². The highest BCUT2D eigenvalue weighted by molar-refractivity contribution is 7.10. The second-order valence-electron chi connectivity index (χ2n) is 6.80. The summed E-state index contributed by atoms with van der Waals surface area (Å²) in [4.78, 5) is 16.5. The van der Waals surface area contributed by atoms with Crippen molar-refractivity contribution in [2.75, 3.05) is 27.9 Å². The van der Waals surface area contributed by atoms with Gasteiger partial charge in [0, 0.05) is 17.0 Å². The molecule has 6 heteroatoms. The highest BCUT2D eigenvalue weighted by atomic mass is 32.1. The van der Waals surface area contributed by atoms with Crippen LogP contribution in [0.1, 0.15) is 32.4 Å². The molecule has 0 fully saturated rings. The number of hydrogen-bond acceptors (Lipinski definition) is 5. The summed E-state index contributed by atoms with van der Waals surface area (Å²) >= 11 is 1.65. The number of thiophene rings is 1. The standard InChI is InChI=1S/C23H23NO4S/c1-26-17-8-6-15(7-9-17)23(25)24-11-10-16-13-19(27-2)20(28-3)14-18(16)22(24)21-5-4-12-29-21/h4-9,12-14,22H,10-11H2,1-3H3/t22-/m0/s1. The molecule has 0 unspecified atom stereocenters. The van der Waals surface area contributed by atoms with Gasteiger partial charge < -0.3 is 19.1 Å². The molecule has 0 saturated carbocycles. The zero-order chi connectivity index (χ0) is 20.4. The molecule has 1 aliphatic rings. The third kappa shape index (κ3) is 3.56. The van der Waals surface area contributed by atoms with Crippen LogP contribution in [0.5, 0.6) is 17.2 Å². The summed E-state index contributed by atoms with van der Waals surface area (Å²) in [7, 11) is 4.89. The summed E-state index contributed by atoms with van der Waals surface area (Å²) in [5, 5.41) is 2.04. The van der Waals surface area contributed by atoms with Crippen molar-refractivity contribution in [3.8, 4) is 17.2 Å². The Hall–Kier alpha value is -2.99. The second kappa shape index (κ2) is 8.17. The van der Waals surface area contributed by atoms with E-state index in [0.717, 1.165) is 22.6 Å². The van der Waals surface area contributed by atoms with Gasteiger partial charge in [0.05, 0.1) is 27.4 Å². The van der Waals surface area contributed by atoms with Gasteiger partial charge >= 0.3 is 0 Å². The van der Waals surface area contributed by atoms with E-state index in [1.165, 1.54) is 5.56 Å². The minimum Gasteiger partial charge on any atom is -0.497 e. The van der Waals surface area contributed by atoms with Crippen LogP contribution >= 0.6 is 11.3 Å². The Labute approximate surface area is 174 Å². The first-order valence-electron chi connectivity index (χ1n) is 9.39. The van der Waals surface area contributed by atoms with Crippen LogP contribution in [0.25, 0.3) is 0 Å². The maximum absolute atomic E-state index is 13.4. The first kappa shape index (κ1) is 19.3. The number of rotatable bonds is 5. The highest BCUT2D eigenvalue weighted by Gasteiger charge is 2.34. The van der Waals surface area contributed by atoms with E-state index < -0.39 is 0 Å². The number of nitrogens with zero attached hydrogens (tertiary/aromatic N) is 1. The lowest BCUT2D eigenvalue weighted by Crippen LogP contribution is -2.40. The quantitative estimate of drug-likeness (QED) is 0.620. The average molecular weight is 410 g/mol. The molecule has 0 aliphatic carbocycles. The van der Waals surface area contributed by atoms with E-state index in [9.17, 15) is 4.79 Å².